The van der Waals surface area contributed by atoms with Gasteiger partial charge in [-0.2, -0.15) is 0 Å². The molecule has 0 unspecified atom stereocenters. The van der Waals surface area contributed by atoms with Crippen molar-refractivity contribution in [3.63, 3.8) is 0 Å². The number of nitrogens with zero attached hydrogens (tertiary/aromatic N) is 3. The van der Waals surface area contributed by atoms with Crippen molar-refractivity contribution in [1.29, 1.82) is 0 Å². The van der Waals surface area contributed by atoms with Gasteiger partial charge < -0.3 is 9.47 Å². The Morgan fingerprint density at radius 2 is 1.82 bits per heavy atom. The second-order valence-electron chi connectivity index (χ2n) is 6.23. The first-order chi connectivity index (χ1) is 13.6. The van der Waals surface area contributed by atoms with Crippen molar-refractivity contribution in [2.24, 2.45) is 0 Å². The fourth-order valence-electron chi connectivity index (χ4n) is 2.88. The maximum Gasteiger partial charge on any atom is 0.260 e. The molecule has 28 heavy (non-hydrogen) atoms. The fraction of sp³-hybridized carbons (Fsp3) is 0.286. The van der Waals surface area contributed by atoms with Gasteiger partial charge >= 0.3 is 0 Å². The average Bonchev–Trinajstić information content (AvgIpc) is 3.20. The SMILES string of the molecule is CCCN(C(=O)c1ccc(OC)c(OC)c1)c1nnc(-c2ccccc2C)s1. The Bertz CT molecular complexity index is 971. The van der Waals surface area contributed by atoms with Gasteiger partial charge in [0.1, 0.15) is 5.01 Å². The third-order valence-corrected chi connectivity index (χ3v) is 5.32. The zero-order chi connectivity index (χ0) is 20.1. The highest BCUT2D eigenvalue weighted by atomic mass is 32.1. The molecule has 0 aliphatic heterocycles. The molecule has 0 fully saturated rings. The van der Waals surface area contributed by atoms with E-state index < -0.39 is 0 Å². The van der Waals surface area contributed by atoms with Crippen molar-refractivity contribution < 1.29 is 14.3 Å². The van der Waals surface area contributed by atoms with Gasteiger partial charge in [0.25, 0.3) is 5.91 Å². The second-order valence-corrected chi connectivity index (χ2v) is 7.19. The quantitative estimate of drug-likeness (QED) is 0.583. The predicted octanol–water partition coefficient (Wildman–Crippen LogP) is 4.59. The number of hydrogen-bond acceptors (Lipinski definition) is 6. The Morgan fingerprint density at radius 1 is 1.07 bits per heavy atom. The Balaban J connectivity index is 1.94. The molecule has 0 aliphatic rings. The maximum absolute atomic E-state index is 13.2. The van der Waals surface area contributed by atoms with Crippen LogP contribution in [0, 0.1) is 6.92 Å². The van der Waals surface area contributed by atoms with Crippen LogP contribution in [0.2, 0.25) is 0 Å². The van der Waals surface area contributed by atoms with Crippen LogP contribution < -0.4 is 14.4 Å². The van der Waals surface area contributed by atoms with Crippen LogP contribution >= 0.6 is 11.3 Å². The summed E-state index contributed by atoms with van der Waals surface area (Å²) in [4.78, 5) is 14.9. The lowest BCUT2D eigenvalue weighted by Crippen LogP contribution is -2.31. The molecule has 0 radical (unpaired) electrons. The molecule has 1 amide bonds. The first kappa shape index (κ1) is 19.8. The van der Waals surface area contributed by atoms with Crippen molar-refractivity contribution in [2.75, 3.05) is 25.7 Å². The normalized spacial score (nSPS) is 10.6. The lowest BCUT2D eigenvalue weighted by molar-refractivity contribution is 0.0986. The summed E-state index contributed by atoms with van der Waals surface area (Å²) >= 11 is 1.42. The van der Waals surface area contributed by atoms with E-state index in [0.717, 1.165) is 22.6 Å². The molecule has 1 aromatic heterocycles. The van der Waals surface area contributed by atoms with Crippen LogP contribution in [0.1, 0.15) is 29.3 Å². The summed E-state index contributed by atoms with van der Waals surface area (Å²) < 4.78 is 10.6. The minimum atomic E-state index is -0.143. The van der Waals surface area contributed by atoms with Gasteiger partial charge in [-0.3, -0.25) is 9.69 Å². The first-order valence-electron chi connectivity index (χ1n) is 9.02. The summed E-state index contributed by atoms with van der Waals surface area (Å²) in [5.41, 5.74) is 2.67. The minimum Gasteiger partial charge on any atom is -0.493 e. The van der Waals surface area contributed by atoms with Gasteiger partial charge in [0, 0.05) is 17.7 Å². The molecule has 2 aromatic carbocycles. The van der Waals surface area contributed by atoms with Crippen LogP contribution in [0.3, 0.4) is 0 Å². The zero-order valence-corrected chi connectivity index (χ0v) is 17.2. The molecule has 0 atom stereocenters. The number of methoxy groups -OCH3 is 2. The summed E-state index contributed by atoms with van der Waals surface area (Å²) in [5, 5.41) is 9.99. The summed E-state index contributed by atoms with van der Waals surface area (Å²) in [5.74, 6) is 0.955. The lowest BCUT2D eigenvalue weighted by atomic mass is 10.1. The van der Waals surface area contributed by atoms with E-state index in [2.05, 4.69) is 10.2 Å². The summed E-state index contributed by atoms with van der Waals surface area (Å²) in [6, 6.07) is 13.2. The van der Waals surface area contributed by atoms with Crippen LogP contribution in [0.25, 0.3) is 10.6 Å². The summed E-state index contributed by atoms with van der Waals surface area (Å²) in [6.07, 6.45) is 0.804. The third-order valence-electron chi connectivity index (χ3n) is 4.34. The van der Waals surface area contributed by atoms with Gasteiger partial charge in [-0.05, 0) is 37.1 Å². The molecule has 146 valence electrons. The van der Waals surface area contributed by atoms with E-state index in [1.54, 1.807) is 37.3 Å². The molecular formula is C21H23N3O3S. The van der Waals surface area contributed by atoms with Crippen LogP contribution in [-0.2, 0) is 0 Å². The molecule has 0 N–H and O–H groups in total. The Kier molecular flexibility index (Phi) is 6.26. The molecule has 0 saturated heterocycles. The van der Waals surface area contributed by atoms with E-state index in [-0.39, 0.29) is 5.91 Å². The number of anilines is 1. The molecular weight excluding hydrogens is 374 g/mol. The van der Waals surface area contributed by atoms with Crippen molar-refractivity contribution in [3.05, 3.63) is 53.6 Å². The third kappa shape index (κ3) is 3.99. The van der Waals surface area contributed by atoms with Crippen molar-refractivity contribution in [2.45, 2.75) is 20.3 Å². The number of ether oxygens (including phenoxy) is 2. The summed E-state index contributed by atoms with van der Waals surface area (Å²) in [7, 11) is 3.12. The largest absolute Gasteiger partial charge is 0.493 e. The number of carbonyl (C=O) groups excluding carboxylic acids is 1. The first-order valence-corrected chi connectivity index (χ1v) is 9.84. The number of aryl methyl sites for hydroxylation is 1. The second kappa shape index (κ2) is 8.84. The van der Waals surface area contributed by atoms with E-state index in [0.29, 0.717) is 28.7 Å². The molecule has 0 saturated carbocycles. The predicted molar refractivity (Wildman–Crippen MR) is 112 cm³/mol. The van der Waals surface area contributed by atoms with Crippen molar-refractivity contribution in [1.82, 2.24) is 10.2 Å². The van der Waals surface area contributed by atoms with E-state index in [9.17, 15) is 4.79 Å². The highest BCUT2D eigenvalue weighted by Gasteiger charge is 2.23. The number of aromatic nitrogens is 2. The van der Waals surface area contributed by atoms with Gasteiger partial charge in [-0.25, -0.2) is 0 Å². The Labute approximate surface area is 168 Å². The molecule has 7 heteroatoms. The maximum atomic E-state index is 13.2. The van der Waals surface area contributed by atoms with Gasteiger partial charge in [0.2, 0.25) is 5.13 Å². The smallest absolute Gasteiger partial charge is 0.260 e. The fourth-order valence-corrected chi connectivity index (χ4v) is 3.84. The molecule has 0 aliphatic carbocycles. The average molecular weight is 398 g/mol. The van der Waals surface area contributed by atoms with Crippen LogP contribution in [-0.4, -0.2) is 36.9 Å². The lowest BCUT2D eigenvalue weighted by Gasteiger charge is -2.19. The highest BCUT2D eigenvalue weighted by molar-refractivity contribution is 7.18. The minimum absolute atomic E-state index is 0.143. The Hall–Kier alpha value is -2.93. The number of amides is 1. The van der Waals surface area contributed by atoms with Gasteiger partial charge in [0.15, 0.2) is 11.5 Å². The van der Waals surface area contributed by atoms with Gasteiger partial charge in [0.05, 0.1) is 14.2 Å². The van der Waals surface area contributed by atoms with Crippen LogP contribution in [0.5, 0.6) is 11.5 Å². The van der Waals surface area contributed by atoms with Crippen molar-refractivity contribution >= 4 is 22.4 Å². The van der Waals surface area contributed by atoms with E-state index in [1.807, 2.05) is 38.1 Å². The number of benzene rings is 2. The molecule has 6 nitrogen and oxygen atoms in total. The number of rotatable bonds is 7. The van der Waals surface area contributed by atoms with E-state index in [4.69, 9.17) is 9.47 Å². The van der Waals surface area contributed by atoms with Gasteiger partial charge in [-0.15, -0.1) is 10.2 Å². The van der Waals surface area contributed by atoms with Crippen LogP contribution in [0.15, 0.2) is 42.5 Å². The molecule has 1 heterocycles. The van der Waals surface area contributed by atoms with E-state index >= 15 is 0 Å². The zero-order valence-electron chi connectivity index (χ0n) is 16.4. The topological polar surface area (TPSA) is 64.6 Å². The number of hydrogen-bond donors (Lipinski definition) is 0. The summed E-state index contributed by atoms with van der Waals surface area (Å²) in [6.45, 7) is 4.61. The molecule has 3 rings (SSSR count). The highest BCUT2D eigenvalue weighted by Crippen LogP contribution is 2.33. The monoisotopic (exact) mass is 397 g/mol. The molecule has 3 aromatic rings. The Morgan fingerprint density at radius 3 is 2.50 bits per heavy atom. The van der Waals surface area contributed by atoms with E-state index in [1.165, 1.54) is 11.3 Å². The standard InChI is InChI=1S/C21H23N3O3S/c1-5-12-24(20(25)15-10-11-17(26-3)18(13-15)27-4)21-23-22-19(28-21)16-9-7-6-8-14(16)2/h6-11,13H,5,12H2,1-4H3. The van der Waals surface area contributed by atoms with Gasteiger partial charge in [-0.1, -0.05) is 42.5 Å². The van der Waals surface area contributed by atoms with Crippen molar-refractivity contribution in [3.8, 4) is 22.1 Å². The molecule has 0 bridgehead atoms. The molecule has 0 spiro atoms. The van der Waals surface area contributed by atoms with Crippen LogP contribution in [0.4, 0.5) is 5.13 Å². The number of carbonyl (C=O) groups is 1.